The molecular weight excluding hydrogens is 326 g/mol. The number of aryl methyl sites for hydroxylation is 1. The maximum atomic E-state index is 13.6. The molecule has 0 spiro atoms. The van der Waals surface area contributed by atoms with Crippen molar-refractivity contribution in [2.45, 2.75) is 24.9 Å². The number of halogens is 2. The summed E-state index contributed by atoms with van der Waals surface area (Å²) in [6.45, 7) is 0.506. The Morgan fingerprint density at radius 3 is 3.00 bits per heavy atom. The van der Waals surface area contributed by atoms with Gasteiger partial charge in [0.25, 0.3) is 0 Å². The van der Waals surface area contributed by atoms with E-state index in [1.165, 1.54) is 12.1 Å². The lowest BCUT2D eigenvalue weighted by atomic mass is 9.95. The zero-order valence-electron chi connectivity index (χ0n) is 13.9. The number of rotatable bonds is 5. The summed E-state index contributed by atoms with van der Waals surface area (Å²) in [4.78, 5) is 15.9. The molecule has 5 nitrogen and oxygen atoms in total. The zero-order valence-corrected chi connectivity index (χ0v) is 13.9. The van der Waals surface area contributed by atoms with Gasteiger partial charge in [-0.25, -0.2) is 13.8 Å². The normalized spacial score (nSPS) is 20.8. The van der Waals surface area contributed by atoms with Gasteiger partial charge in [-0.15, -0.1) is 0 Å². The Labute approximate surface area is 144 Å². The average molecular weight is 346 g/mol. The second kappa shape index (κ2) is 7.57. The zero-order chi connectivity index (χ0) is 17.8. The maximum Gasteiger partial charge on any atom is 0.220 e. The first-order chi connectivity index (χ1) is 12.0. The molecule has 0 saturated carbocycles. The number of aromatic nitrogens is 2. The van der Waals surface area contributed by atoms with Crippen molar-refractivity contribution in [2.24, 2.45) is 7.05 Å². The molecule has 25 heavy (non-hydrogen) atoms. The van der Waals surface area contributed by atoms with Gasteiger partial charge in [-0.3, -0.25) is 4.79 Å². The number of carbonyl (C=O) groups excluding carboxylic acids is 1. The van der Waals surface area contributed by atoms with Gasteiger partial charge in [-0.05, 0) is 18.6 Å². The van der Waals surface area contributed by atoms with Crippen molar-refractivity contribution in [1.82, 2.24) is 20.2 Å². The lowest BCUT2D eigenvalue weighted by Crippen LogP contribution is -2.49. The average Bonchev–Trinajstić information content (AvgIpc) is 3.00. The first-order valence-corrected chi connectivity index (χ1v) is 8.15. The van der Waals surface area contributed by atoms with Gasteiger partial charge in [0.2, 0.25) is 5.91 Å². The number of carbonyl (C=O) groups is 1. The Morgan fingerprint density at radius 1 is 1.44 bits per heavy atom. The molecule has 1 aliphatic rings. The van der Waals surface area contributed by atoms with Crippen LogP contribution in [0.2, 0.25) is 0 Å². The Morgan fingerprint density at radius 2 is 2.28 bits per heavy atom. The van der Waals surface area contributed by atoms with Crippen LogP contribution in [0.5, 0.6) is 0 Å². The molecule has 1 fully saturated rings. The summed E-state index contributed by atoms with van der Waals surface area (Å²) in [5.74, 6) is -1.16. The first kappa shape index (κ1) is 17.3. The molecule has 0 aliphatic carbocycles. The standard InChI is InChI=1S/C18H20F2N4O/c1-24-11-21-10-16(24)18-15(6-7-17(25)23-18)22-8-2-3-12-4-5-13(19)9-14(12)20/h2-5,9-11,15,18,22H,6-8H2,1H3,(H,23,25)/t15-,18-/m1/s1. The van der Waals surface area contributed by atoms with Crippen LogP contribution in [0.1, 0.15) is 30.1 Å². The predicted octanol–water partition coefficient (Wildman–Crippen LogP) is 2.32. The Bertz CT molecular complexity index is 787. The van der Waals surface area contributed by atoms with Crippen molar-refractivity contribution >= 4 is 12.0 Å². The highest BCUT2D eigenvalue weighted by atomic mass is 19.1. The lowest BCUT2D eigenvalue weighted by Gasteiger charge is -2.32. The van der Waals surface area contributed by atoms with Crippen molar-refractivity contribution in [3.05, 3.63) is 59.7 Å². The maximum absolute atomic E-state index is 13.6. The van der Waals surface area contributed by atoms with E-state index in [9.17, 15) is 13.6 Å². The molecular formula is C18H20F2N4O. The van der Waals surface area contributed by atoms with Crippen molar-refractivity contribution in [2.75, 3.05) is 6.54 Å². The molecule has 3 rings (SSSR count). The molecule has 2 N–H and O–H groups in total. The van der Waals surface area contributed by atoms with Crippen LogP contribution >= 0.6 is 0 Å². The van der Waals surface area contributed by atoms with Crippen LogP contribution in [0.3, 0.4) is 0 Å². The van der Waals surface area contributed by atoms with E-state index < -0.39 is 11.6 Å². The Hall–Kier alpha value is -2.54. The molecule has 1 amide bonds. The summed E-state index contributed by atoms with van der Waals surface area (Å²) in [6.07, 6.45) is 8.01. The minimum atomic E-state index is -0.593. The predicted molar refractivity (Wildman–Crippen MR) is 90.5 cm³/mol. The third-order valence-electron chi connectivity index (χ3n) is 4.33. The number of nitrogens with zero attached hydrogens (tertiary/aromatic N) is 2. The third kappa shape index (κ3) is 4.11. The summed E-state index contributed by atoms with van der Waals surface area (Å²) in [5.41, 5.74) is 1.27. The highest BCUT2D eigenvalue weighted by molar-refractivity contribution is 5.77. The number of amides is 1. The highest BCUT2D eigenvalue weighted by Gasteiger charge is 2.30. The fourth-order valence-corrected chi connectivity index (χ4v) is 3.01. The molecule has 1 saturated heterocycles. The fourth-order valence-electron chi connectivity index (χ4n) is 3.01. The van der Waals surface area contributed by atoms with Gasteiger partial charge in [0.05, 0.1) is 24.3 Å². The topological polar surface area (TPSA) is 59.0 Å². The summed E-state index contributed by atoms with van der Waals surface area (Å²) < 4.78 is 28.4. The third-order valence-corrected chi connectivity index (χ3v) is 4.33. The van der Waals surface area contributed by atoms with E-state index >= 15 is 0 Å². The van der Waals surface area contributed by atoms with Gasteiger partial charge >= 0.3 is 0 Å². The van der Waals surface area contributed by atoms with Gasteiger partial charge < -0.3 is 15.2 Å². The van der Waals surface area contributed by atoms with Gasteiger partial charge in [-0.1, -0.05) is 12.2 Å². The lowest BCUT2D eigenvalue weighted by molar-refractivity contribution is -0.124. The quantitative estimate of drug-likeness (QED) is 0.874. The van der Waals surface area contributed by atoms with Crippen LogP contribution in [0.15, 0.2) is 36.8 Å². The summed E-state index contributed by atoms with van der Waals surface area (Å²) in [7, 11) is 1.89. The van der Waals surface area contributed by atoms with E-state index in [2.05, 4.69) is 15.6 Å². The molecule has 7 heteroatoms. The number of benzene rings is 1. The van der Waals surface area contributed by atoms with Crippen LogP contribution < -0.4 is 10.6 Å². The molecule has 0 bridgehead atoms. The molecule has 2 atom stereocenters. The number of hydrogen-bond donors (Lipinski definition) is 2. The molecule has 2 heterocycles. The minimum Gasteiger partial charge on any atom is -0.346 e. The van der Waals surface area contributed by atoms with Crippen molar-refractivity contribution in [3.63, 3.8) is 0 Å². The van der Waals surface area contributed by atoms with Crippen LogP contribution in [-0.2, 0) is 11.8 Å². The second-order valence-electron chi connectivity index (χ2n) is 6.10. The largest absolute Gasteiger partial charge is 0.346 e. The molecule has 1 aliphatic heterocycles. The highest BCUT2D eigenvalue weighted by Crippen LogP contribution is 2.23. The van der Waals surface area contributed by atoms with E-state index in [1.54, 1.807) is 24.7 Å². The molecule has 0 unspecified atom stereocenters. The van der Waals surface area contributed by atoms with Crippen molar-refractivity contribution in [1.29, 1.82) is 0 Å². The first-order valence-electron chi connectivity index (χ1n) is 8.15. The van der Waals surface area contributed by atoms with Gasteiger partial charge in [0.15, 0.2) is 0 Å². The number of hydrogen-bond acceptors (Lipinski definition) is 3. The van der Waals surface area contributed by atoms with Crippen LogP contribution in [0.4, 0.5) is 8.78 Å². The number of nitrogens with one attached hydrogen (secondary N) is 2. The monoisotopic (exact) mass is 346 g/mol. The van der Waals surface area contributed by atoms with Crippen LogP contribution in [0.25, 0.3) is 6.08 Å². The fraction of sp³-hybridized carbons (Fsp3) is 0.333. The summed E-state index contributed by atoms with van der Waals surface area (Å²) in [6, 6.07) is 3.38. The van der Waals surface area contributed by atoms with Crippen LogP contribution in [-0.4, -0.2) is 28.0 Å². The van der Waals surface area contributed by atoms with Gasteiger partial charge in [0.1, 0.15) is 11.6 Å². The summed E-state index contributed by atoms with van der Waals surface area (Å²) in [5, 5.41) is 6.37. The molecule has 1 aromatic heterocycles. The van der Waals surface area contributed by atoms with Gasteiger partial charge in [0, 0.05) is 37.7 Å². The van der Waals surface area contributed by atoms with E-state index in [4.69, 9.17) is 0 Å². The van der Waals surface area contributed by atoms with Crippen LogP contribution in [0, 0.1) is 11.6 Å². The number of imidazole rings is 1. The number of piperidine rings is 1. The molecule has 1 aromatic carbocycles. The summed E-state index contributed by atoms with van der Waals surface area (Å²) >= 11 is 0. The van der Waals surface area contributed by atoms with E-state index in [0.29, 0.717) is 24.9 Å². The smallest absolute Gasteiger partial charge is 0.220 e. The molecule has 132 valence electrons. The molecule has 0 radical (unpaired) electrons. The Kier molecular flexibility index (Phi) is 5.23. The van der Waals surface area contributed by atoms with E-state index in [1.807, 2.05) is 11.6 Å². The molecule has 2 aromatic rings. The SMILES string of the molecule is Cn1cncc1[C@@H]1NC(=O)CC[C@H]1NCC=Cc1ccc(F)cc1F. The Balaban J connectivity index is 1.63. The van der Waals surface area contributed by atoms with E-state index in [0.717, 1.165) is 11.8 Å². The van der Waals surface area contributed by atoms with Gasteiger partial charge in [-0.2, -0.15) is 0 Å². The van der Waals surface area contributed by atoms with E-state index in [-0.39, 0.29) is 18.0 Å². The second-order valence-corrected chi connectivity index (χ2v) is 6.10. The van der Waals surface area contributed by atoms with Crippen molar-refractivity contribution in [3.8, 4) is 0 Å². The minimum absolute atomic E-state index is 0.0215. The van der Waals surface area contributed by atoms with Crippen molar-refractivity contribution < 1.29 is 13.6 Å².